The van der Waals surface area contributed by atoms with Crippen LogP contribution >= 0.6 is 15.6 Å². The molecule has 5 unspecified atom stereocenters. The van der Waals surface area contributed by atoms with Crippen LogP contribution in [0, 0.1) is 0 Å². The molecule has 17 nitrogen and oxygen atoms in total. The fourth-order valence-corrected chi connectivity index (χ4v) is 11.4. The summed E-state index contributed by atoms with van der Waals surface area (Å²) < 4.78 is 68.5. The van der Waals surface area contributed by atoms with Crippen LogP contribution in [0.4, 0.5) is 0 Å². The molecule has 0 heterocycles. The van der Waals surface area contributed by atoms with E-state index in [1.807, 2.05) is 12.2 Å². The third kappa shape index (κ3) is 73.3. The molecule has 0 aromatic rings. The number of unbranched alkanes of at least 4 members (excludes halogenated alkanes) is 22. The molecular weight excluding hydrogens is 1330 g/mol. The van der Waals surface area contributed by atoms with Crippen molar-refractivity contribution in [2.24, 2.45) is 0 Å². The van der Waals surface area contributed by atoms with Gasteiger partial charge in [-0.2, -0.15) is 0 Å². The molecule has 5 atom stereocenters. The number of aliphatic hydroxyl groups excluding tert-OH is 1. The van der Waals surface area contributed by atoms with Gasteiger partial charge in [0.05, 0.1) is 26.4 Å². The number of rotatable bonds is 72. The summed E-state index contributed by atoms with van der Waals surface area (Å²) in [6.07, 6.45) is 84.1. The van der Waals surface area contributed by atoms with Gasteiger partial charge in [0, 0.05) is 25.7 Å². The smallest absolute Gasteiger partial charge is 0.462 e. The summed E-state index contributed by atoms with van der Waals surface area (Å²) in [6.45, 7) is 4.45. The Kier molecular flexibility index (Phi) is 70.5. The number of ether oxygens (including phenoxy) is 4. The monoisotopic (exact) mass is 1470 g/mol. The molecule has 0 aliphatic rings. The molecule has 3 N–H and O–H groups in total. The molecule has 0 spiro atoms. The van der Waals surface area contributed by atoms with E-state index in [1.165, 1.54) is 19.3 Å². The molecule has 0 aliphatic carbocycles. The number of carbonyl (C=O) groups is 4. The number of carbonyl (C=O) groups excluding carboxylic acids is 4. The summed E-state index contributed by atoms with van der Waals surface area (Å²) in [6, 6.07) is 0. The van der Waals surface area contributed by atoms with Gasteiger partial charge in [0.15, 0.2) is 12.2 Å². The predicted molar refractivity (Wildman–Crippen MR) is 417 cm³/mol. The molecule has 0 bridgehead atoms. The molecule has 0 aliphatic heterocycles. The van der Waals surface area contributed by atoms with E-state index in [9.17, 15) is 43.2 Å². The topological polar surface area (TPSA) is 237 Å². The normalized spacial score (nSPS) is 14.7. The lowest BCUT2D eigenvalue weighted by molar-refractivity contribution is -0.161. The first kappa shape index (κ1) is 96.9. The molecule has 0 radical (unpaired) electrons. The highest BCUT2D eigenvalue weighted by Gasteiger charge is 2.30. The highest BCUT2D eigenvalue weighted by atomic mass is 31.2. The van der Waals surface area contributed by atoms with Gasteiger partial charge < -0.3 is 33.8 Å². The first-order valence-corrected chi connectivity index (χ1v) is 42.1. The van der Waals surface area contributed by atoms with Gasteiger partial charge in [-0.1, -0.05) is 263 Å². The van der Waals surface area contributed by atoms with E-state index in [2.05, 4.69) is 161 Å². The van der Waals surface area contributed by atoms with Crippen LogP contribution < -0.4 is 0 Å². The zero-order valence-electron chi connectivity index (χ0n) is 63.5. The number of esters is 4. The van der Waals surface area contributed by atoms with E-state index in [0.717, 1.165) is 193 Å². The van der Waals surface area contributed by atoms with Crippen molar-refractivity contribution in [2.45, 2.75) is 316 Å². The Bertz CT molecular complexity index is 2510. The van der Waals surface area contributed by atoms with Crippen LogP contribution in [0.3, 0.4) is 0 Å². The van der Waals surface area contributed by atoms with Crippen LogP contribution in [-0.4, -0.2) is 96.7 Å². The van der Waals surface area contributed by atoms with Gasteiger partial charge in [-0.15, -0.1) is 0 Å². The second-order valence-electron chi connectivity index (χ2n) is 25.5. The third-order valence-corrected chi connectivity index (χ3v) is 17.7. The zero-order valence-corrected chi connectivity index (χ0v) is 65.3. The minimum absolute atomic E-state index is 0.0666. The number of phosphoric ester groups is 2. The summed E-state index contributed by atoms with van der Waals surface area (Å²) in [5.74, 6) is -2.29. The third-order valence-electron chi connectivity index (χ3n) is 15.7. The number of phosphoric acid groups is 2. The first-order valence-electron chi connectivity index (χ1n) is 39.1. The minimum Gasteiger partial charge on any atom is -0.462 e. The van der Waals surface area contributed by atoms with Crippen LogP contribution in [0.1, 0.15) is 297 Å². The van der Waals surface area contributed by atoms with Crippen LogP contribution in [0.15, 0.2) is 146 Å². The Labute approximate surface area is 617 Å². The maximum absolute atomic E-state index is 13.1. The number of hydrogen-bond acceptors (Lipinski definition) is 15. The van der Waals surface area contributed by atoms with Gasteiger partial charge in [-0.3, -0.25) is 37.3 Å². The second kappa shape index (κ2) is 74.2. The lowest BCUT2D eigenvalue weighted by Gasteiger charge is -2.21. The Morgan fingerprint density at radius 2 is 0.539 bits per heavy atom. The van der Waals surface area contributed by atoms with Crippen LogP contribution in [-0.2, 0) is 65.4 Å². The highest BCUT2D eigenvalue weighted by molar-refractivity contribution is 7.47. The van der Waals surface area contributed by atoms with Gasteiger partial charge in [-0.25, -0.2) is 9.13 Å². The second-order valence-corrected chi connectivity index (χ2v) is 28.4. The van der Waals surface area contributed by atoms with Crippen LogP contribution in [0.25, 0.3) is 0 Å². The summed E-state index contributed by atoms with van der Waals surface area (Å²) >= 11 is 0. The van der Waals surface area contributed by atoms with Gasteiger partial charge in [-0.05, 0) is 154 Å². The van der Waals surface area contributed by atoms with Gasteiger partial charge in [0.2, 0.25) is 0 Å². The van der Waals surface area contributed by atoms with Crippen molar-refractivity contribution in [1.82, 2.24) is 0 Å². The minimum atomic E-state index is -5.00. The first-order chi connectivity index (χ1) is 49.7. The average molecular weight is 1470 g/mol. The highest BCUT2D eigenvalue weighted by Crippen LogP contribution is 2.45. The van der Waals surface area contributed by atoms with E-state index < -0.39 is 97.5 Å². The fraction of sp³-hybridized carbons (Fsp3) is 0.663. The van der Waals surface area contributed by atoms with Crippen molar-refractivity contribution in [3.63, 3.8) is 0 Å². The number of aliphatic hydroxyl groups is 1. The quantitative estimate of drug-likeness (QED) is 0.0169. The van der Waals surface area contributed by atoms with Crippen molar-refractivity contribution in [3.8, 4) is 0 Å². The maximum Gasteiger partial charge on any atom is 0.472 e. The molecule has 582 valence electrons. The molecule has 0 saturated heterocycles. The van der Waals surface area contributed by atoms with Crippen molar-refractivity contribution in [2.75, 3.05) is 39.6 Å². The lowest BCUT2D eigenvalue weighted by atomic mass is 10.1. The van der Waals surface area contributed by atoms with Crippen LogP contribution in [0.5, 0.6) is 0 Å². The fourth-order valence-electron chi connectivity index (χ4n) is 9.87. The van der Waals surface area contributed by atoms with Crippen molar-refractivity contribution >= 4 is 39.5 Å². The van der Waals surface area contributed by atoms with E-state index in [1.54, 1.807) is 0 Å². The van der Waals surface area contributed by atoms with E-state index in [0.29, 0.717) is 32.1 Å². The Hall–Kier alpha value is -5.06. The molecule has 0 saturated carbocycles. The van der Waals surface area contributed by atoms with Crippen molar-refractivity contribution in [1.29, 1.82) is 0 Å². The number of hydrogen-bond donors (Lipinski definition) is 3. The average Bonchev–Trinajstić information content (AvgIpc) is 0.959. The molecule has 102 heavy (non-hydrogen) atoms. The molecule has 0 rings (SSSR count). The van der Waals surface area contributed by atoms with Gasteiger partial charge >= 0.3 is 39.5 Å². The van der Waals surface area contributed by atoms with Crippen molar-refractivity contribution in [3.05, 3.63) is 146 Å². The van der Waals surface area contributed by atoms with E-state index in [4.69, 9.17) is 37.0 Å². The molecular formula is C83H138O17P2. The standard InChI is InChI=1S/C83H138O17P2/c1-5-9-13-17-21-25-29-33-36-38-41-45-48-52-56-60-64-68-81(86)94-74-79(100-83(88)70-66-62-58-54-50-46-42-39-37-34-30-26-22-18-14-10-6-2)76-98-102(91,92)96-72-77(84)71-95-101(89,90)97-75-78(99-82(87)69-65-61-57-53-49-43-32-28-24-20-16-12-8-4)73-93-80(85)67-63-59-55-51-47-44-40-35-31-27-23-19-15-11-7-3/h9-10,13-14,16,20-23,25-28,32-37,40-41,45,52,56,77-79,84H,5-8,11-12,15,17-19,24,29-31,38-39,42-44,46-51,53-55,57-76H2,1-4H3,(H,89,90)(H,91,92)/b13-9-,14-10-,20-16-,25-21-,26-22-,27-23-,32-28-,36-33-,37-34-,40-35-,45-41-,56-52-. The van der Waals surface area contributed by atoms with E-state index >= 15 is 0 Å². The SMILES string of the molecule is CC/C=C\C/C=C\C/C=C\C/C=C\C/C=C\CCCC(=O)OCC(COP(=O)(O)OCC(O)COP(=O)(O)OCC(COC(=O)CCCCCCC/C=C\C/C=C\CCCCC)OC(=O)CCCCCCC/C=C\C/C=C\CCC)OC(=O)CCCCCCCCC/C=C\C/C=C\C/C=C\CC. The molecule has 0 amide bonds. The Balaban J connectivity index is 5.44. The molecule has 19 heteroatoms. The summed E-state index contributed by atoms with van der Waals surface area (Å²) in [7, 11) is -9.99. The Morgan fingerprint density at radius 3 is 0.863 bits per heavy atom. The summed E-state index contributed by atoms with van der Waals surface area (Å²) in [5, 5.41) is 10.6. The predicted octanol–water partition coefficient (Wildman–Crippen LogP) is 22.7. The largest absolute Gasteiger partial charge is 0.472 e. The lowest BCUT2D eigenvalue weighted by Crippen LogP contribution is -2.30. The molecule has 0 fully saturated rings. The maximum atomic E-state index is 13.1. The van der Waals surface area contributed by atoms with Crippen molar-refractivity contribution < 1.29 is 80.2 Å². The number of allylic oxidation sites excluding steroid dienone is 24. The van der Waals surface area contributed by atoms with Crippen LogP contribution in [0.2, 0.25) is 0 Å². The van der Waals surface area contributed by atoms with E-state index in [-0.39, 0.29) is 25.7 Å². The van der Waals surface area contributed by atoms with Gasteiger partial charge in [0.1, 0.15) is 19.3 Å². The summed E-state index contributed by atoms with van der Waals surface area (Å²) in [4.78, 5) is 72.9. The molecule has 0 aromatic heterocycles. The van der Waals surface area contributed by atoms with Gasteiger partial charge in [0.25, 0.3) is 0 Å². The zero-order chi connectivity index (χ0) is 74.6. The Morgan fingerprint density at radius 1 is 0.284 bits per heavy atom. The molecule has 0 aromatic carbocycles. The summed E-state index contributed by atoms with van der Waals surface area (Å²) in [5.41, 5.74) is 0.